The normalized spacial score (nSPS) is 10.7. The standard InChI is InChI=1S/C17H13NO5/c1-10-6-7-11(8-12(10)18(20)21)16-9-13(19)17-14(22-2)4-3-5-15(17)23-16/h3-9H,1-2H3. The van der Waals surface area contributed by atoms with Crippen LogP contribution in [0, 0.1) is 17.0 Å². The van der Waals surface area contributed by atoms with Gasteiger partial charge in [-0.15, -0.1) is 0 Å². The van der Waals surface area contributed by atoms with Crippen LogP contribution in [0.5, 0.6) is 5.75 Å². The fraction of sp³-hybridized carbons (Fsp3) is 0.118. The first kappa shape index (κ1) is 14.8. The van der Waals surface area contributed by atoms with Gasteiger partial charge in [0.25, 0.3) is 5.69 Å². The molecule has 0 N–H and O–H groups in total. The topological polar surface area (TPSA) is 82.6 Å². The van der Waals surface area contributed by atoms with Crippen LogP contribution in [0.3, 0.4) is 0 Å². The molecule has 6 nitrogen and oxygen atoms in total. The molecule has 0 saturated carbocycles. The first-order valence-corrected chi connectivity index (χ1v) is 6.87. The molecule has 0 aliphatic rings. The summed E-state index contributed by atoms with van der Waals surface area (Å²) in [6.07, 6.45) is 0. The maximum Gasteiger partial charge on any atom is 0.273 e. The number of hydrogen-bond donors (Lipinski definition) is 0. The minimum absolute atomic E-state index is 0.0177. The van der Waals surface area contributed by atoms with Gasteiger partial charge in [0, 0.05) is 23.3 Å². The van der Waals surface area contributed by atoms with E-state index in [1.807, 2.05) is 0 Å². The number of nitro groups is 1. The lowest BCUT2D eigenvalue weighted by Gasteiger charge is -2.07. The van der Waals surface area contributed by atoms with Crippen molar-refractivity contribution < 1.29 is 14.1 Å². The summed E-state index contributed by atoms with van der Waals surface area (Å²) in [5.41, 5.74) is 1.11. The molecule has 0 radical (unpaired) electrons. The number of benzene rings is 2. The summed E-state index contributed by atoms with van der Waals surface area (Å²) >= 11 is 0. The molecule has 0 atom stereocenters. The van der Waals surface area contributed by atoms with Crippen LogP contribution in [-0.4, -0.2) is 12.0 Å². The number of hydrogen-bond acceptors (Lipinski definition) is 5. The number of methoxy groups -OCH3 is 1. The van der Waals surface area contributed by atoms with Gasteiger partial charge in [0.1, 0.15) is 22.5 Å². The highest BCUT2D eigenvalue weighted by atomic mass is 16.6. The molecule has 1 heterocycles. The number of rotatable bonds is 3. The maximum atomic E-state index is 12.4. The second-order valence-corrected chi connectivity index (χ2v) is 5.07. The molecule has 23 heavy (non-hydrogen) atoms. The molecule has 2 aromatic carbocycles. The Bertz CT molecular complexity index is 974. The summed E-state index contributed by atoms with van der Waals surface area (Å²) in [7, 11) is 1.48. The average molecular weight is 311 g/mol. The van der Waals surface area contributed by atoms with Crippen LogP contribution in [0.15, 0.2) is 51.7 Å². The molecule has 3 rings (SSSR count). The summed E-state index contributed by atoms with van der Waals surface area (Å²) in [5.74, 6) is 0.705. The third-order valence-corrected chi connectivity index (χ3v) is 3.63. The summed E-state index contributed by atoms with van der Waals surface area (Å²) in [6.45, 7) is 1.66. The smallest absolute Gasteiger partial charge is 0.273 e. The van der Waals surface area contributed by atoms with Gasteiger partial charge in [0.15, 0.2) is 5.43 Å². The Kier molecular flexibility index (Phi) is 3.57. The van der Waals surface area contributed by atoms with Crippen LogP contribution in [-0.2, 0) is 0 Å². The number of nitrogens with zero attached hydrogens (tertiary/aromatic N) is 1. The predicted octanol–water partition coefficient (Wildman–Crippen LogP) is 3.69. The van der Waals surface area contributed by atoms with Crippen molar-refractivity contribution in [2.24, 2.45) is 0 Å². The largest absolute Gasteiger partial charge is 0.496 e. The highest BCUT2D eigenvalue weighted by Crippen LogP contribution is 2.30. The van der Waals surface area contributed by atoms with Crippen molar-refractivity contribution in [3.8, 4) is 17.1 Å². The van der Waals surface area contributed by atoms with Crippen LogP contribution in [0.1, 0.15) is 5.56 Å². The second kappa shape index (κ2) is 5.57. The van der Waals surface area contributed by atoms with Crippen molar-refractivity contribution >= 4 is 16.7 Å². The third kappa shape index (κ3) is 2.55. The first-order chi connectivity index (χ1) is 11.0. The fourth-order valence-corrected chi connectivity index (χ4v) is 2.45. The Morgan fingerprint density at radius 1 is 1.17 bits per heavy atom. The van der Waals surface area contributed by atoms with Gasteiger partial charge in [-0.2, -0.15) is 0 Å². The minimum atomic E-state index is -0.457. The van der Waals surface area contributed by atoms with E-state index in [1.165, 1.54) is 19.2 Å². The zero-order valence-corrected chi connectivity index (χ0v) is 12.5. The molecule has 0 saturated heterocycles. The predicted molar refractivity (Wildman–Crippen MR) is 85.9 cm³/mol. The van der Waals surface area contributed by atoms with Crippen LogP contribution in [0.2, 0.25) is 0 Å². The highest BCUT2D eigenvalue weighted by Gasteiger charge is 2.15. The zero-order chi connectivity index (χ0) is 16.6. The van der Waals surface area contributed by atoms with E-state index in [4.69, 9.17) is 9.15 Å². The first-order valence-electron chi connectivity index (χ1n) is 6.87. The summed E-state index contributed by atoms with van der Waals surface area (Å²) < 4.78 is 10.9. The fourth-order valence-electron chi connectivity index (χ4n) is 2.45. The Morgan fingerprint density at radius 2 is 1.96 bits per heavy atom. The lowest BCUT2D eigenvalue weighted by atomic mass is 10.1. The van der Waals surface area contributed by atoms with Crippen LogP contribution >= 0.6 is 0 Å². The van der Waals surface area contributed by atoms with Gasteiger partial charge in [0.2, 0.25) is 0 Å². The number of fused-ring (bicyclic) bond motifs is 1. The molecular weight excluding hydrogens is 298 g/mol. The van der Waals surface area contributed by atoms with Crippen molar-refractivity contribution in [1.29, 1.82) is 0 Å². The molecule has 116 valence electrons. The summed E-state index contributed by atoms with van der Waals surface area (Å²) in [5, 5.41) is 11.4. The van der Waals surface area contributed by atoms with Gasteiger partial charge >= 0.3 is 0 Å². The monoisotopic (exact) mass is 311 g/mol. The van der Waals surface area contributed by atoms with Crippen molar-refractivity contribution in [3.63, 3.8) is 0 Å². The second-order valence-electron chi connectivity index (χ2n) is 5.07. The molecule has 0 aliphatic carbocycles. The third-order valence-electron chi connectivity index (χ3n) is 3.63. The lowest BCUT2D eigenvalue weighted by Crippen LogP contribution is -2.02. The molecule has 0 unspecified atom stereocenters. The Balaban J connectivity index is 2.24. The quantitative estimate of drug-likeness (QED) is 0.544. The van der Waals surface area contributed by atoms with Crippen molar-refractivity contribution in [3.05, 3.63) is 68.4 Å². The molecule has 1 aromatic heterocycles. The van der Waals surface area contributed by atoms with E-state index >= 15 is 0 Å². The highest BCUT2D eigenvalue weighted by molar-refractivity contribution is 5.84. The van der Waals surface area contributed by atoms with Gasteiger partial charge in [-0.05, 0) is 19.1 Å². The van der Waals surface area contributed by atoms with E-state index in [1.54, 1.807) is 37.3 Å². The van der Waals surface area contributed by atoms with Crippen molar-refractivity contribution in [2.45, 2.75) is 6.92 Å². The lowest BCUT2D eigenvalue weighted by molar-refractivity contribution is -0.385. The van der Waals surface area contributed by atoms with E-state index < -0.39 is 4.92 Å². The Labute approximate surface area is 131 Å². The van der Waals surface area contributed by atoms with Gasteiger partial charge in [-0.1, -0.05) is 18.2 Å². The number of aryl methyl sites for hydroxylation is 1. The van der Waals surface area contributed by atoms with E-state index in [0.29, 0.717) is 27.8 Å². The molecule has 0 fully saturated rings. The van der Waals surface area contributed by atoms with Crippen LogP contribution in [0.4, 0.5) is 5.69 Å². The molecule has 0 amide bonds. The number of nitro benzene ring substituents is 1. The SMILES string of the molecule is COc1cccc2oc(-c3ccc(C)c([N+](=O)[O-])c3)cc(=O)c12. The van der Waals surface area contributed by atoms with Crippen LogP contribution < -0.4 is 10.2 Å². The minimum Gasteiger partial charge on any atom is -0.496 e. The molecular formula is C17H13NO5. The van der Waals surface area contributed by atoms with E-state index in [9.17, 15) is 14.9 Å². The summed E-state index contributed by atoms with van der Waals surface area (Å²) in [4.78, 5) is 23.0. The molecule has 0 aliphatic heterocycles. The molecule has 3 aromatic rings. The summed E-state index contributed by atoms with van der Waals surface area (Å²) in [6, 6.07) is 11.1. The van der Waals surface area contributed by atoms with E-state index in [2.05, 4.69) is 0 Å². The molecule has 0 bridgehead atoms. The van der Waals surface area contributed by atoms with E-state index in [0.717, 1.165) is 0 Å². The Hall–Kier alpha value is -3.15. The van der Waals surface area contributed by atoms with Gasteiger partial charge in [0.05, 0.1) is 12.0 Å². The van der Waals surface area contributed by atoms with Gasteiger partial charge in [-0.3, -0.25) is 14.9 Å². The van der Waals surface area contributed by atoms with Crippen molar-refractivity contribution in [2.75, 3.05) is 7.11 Å². The average Bonchev–Trinajstić information content (AvgIpc) is 2.54. The van der Waals surface area contributed by atoms with E-state index in [-0.39, 0.29) is 16.9 Å². The zero-order valence-electron chi connectivity index (χ0n) is 12.5. The maximum absolute atomic E-state index is 12.4. The van der Waals surface area contributed by atoms with Crippen molar-refractivity contribution in [1.82, 2.24) is 0 Å². The van der Waals surface area contributed by atoms with Crippen LogP contribution in [0.25, 0.3) is 22.3 Å². The molecule has 0 spiro atoms. The Morgan fingerprint density at radius 3 is 2.65 bits per heavy atom. The number of ether oxygens (including phenoxy) is 1. The molecule has 6 heteroatoms. The van der Waals surface area contributed by atoms with Gasteiger partial charge in [-0.25, -0.2) is 0 Å². The van der Waals surface area contributed by atoms with Gasteiger partial charge < -0.3 is 9.15 Å².